The first-order valence-electron chi connectivity index (χ1n) is 8.10. The van der Waals surface area contributed by atoms with Gasteiger partial charge in [0.25, 0.3) is 0 Å². The summed E-state index contributed by atoms with van der Waals surface area (Å²) in [5, 5.41) is 2.90. The highest BCUT2D eigenvalue weighted by atomic mass is 16.5. The average molecular weight is 296 g/mol. The van der Waals surface area contributed by atoms with Gasteiger partial charge in [0.1, 0.15) is 12.1 Å². The Balaban J connectivity index is 2.16. The van der Waals surface area contributed by atoms with Crippen LogP contribution in [0.2, 0.25) is 0 Å². The smallest absolute Gasteiger partial charge is 0.246 e. The first-order valence-corrected chi connectivity index (χ1v) is 8.10. The molecule has 2 fully saturated rings. The van der Waals surface area contributed by atoms with Crippen LogP contribution in [-0.2, 0) is 14.3 Å². The Morgan fingerprint density at radius 1 is 1.24 bits per heavy atom. The van der Waals surface area contributed by atoms with Gasteiger partial charge in [-0.25, -0.2) is 0 Å². The van der Waals surface area contributed by atoms with Crippen molar-refractivity contribution < 1.29 is 14.3 Å². The van der Waals surface area contributed by atoms with Crippen molar-refractivity contribution in [2.24, 2.45) is 17.8 Å². The second-order valence-corrected chi connectivity index (χ2v) is 6.99. The van der Waals surface area contributed by atoms with Crippen molar-refractivity contribution in [3.8, 4) is 0 Å². The number of rotatable bonds is 4. The van der Waals surface area contributed by atoms with E-state index in [1.165, 1.54) is 0 Å². The van der Waals surface area contributed by atoms with Crippen molar-refractivity contribution in [3.05, 3.63) is 0 Å². The van der Waals surface area contributed by atoms with Crippen molar-refractivity contribution in [2.75, 3.05) is 19.8 Å². The van der Waals surface area contributed by atoms with Gasteiger partial charge in [0.15, 0.2) is 0 Å². The van der Waals surface area contributed by atoms with Crippen LogP contribution >= 0.6 is 0 Å². The Labute approximate surface area is 127 Å². The van der Waals surface area contributed by atoms with Crippen LogP contribution in [-0.4, -0.2) is 48.6 Å². The molecule has 120 valence electrons. The molecule has 2 saturated heterocycles. The molecule has 3 atom stereocenters. The van der Waals surface area contributed by atoms with Gasteiger partial charge in [0, 0.05) is 13.2 Å². The Morgan fingerprint density at radius 2 is 1.95 bits per heavy atom. The zero-order chi connectivity index (χ0) is 15.6. The summed E-state index contributed by atoms with van der Waals surface area (Å²) in [4.78, 5) is 27.0. The van der Waals surface area contributed by atoms with E-state index in [0.717, 1.165) is 19.4 Å². The van der Waals surface area contributed by atoms with Crippen molar-refractivity contribution in [1.29, 1.82) is 0 Å². The minimum atomic E-state index is -0.392. The van der Waals surface area contributed by atoms with Crippen molar-refractivity contribution >= 4 is 11.8 Å². The van der Waals surface area contributed by atoms with Crippen LogP contribution in [0.5, 0.6) is 0 Å². The van der Waals surface area contributed by atoms with Crippen LogP contribution in [0.1, 0.15) is 40.5 Å². The zero-order valence-corrected chi connectivity index (χ0v) is 13.6. The van der Waals surface area contributed by atoms with E-state index in [4.69, 9.17) is 4.74 Å². The number of carbonyl (C=O) groups excluding carboxylic acids is 2. The molecule has 2 heterocycles. The molecule has 3 unspecified atom stereocenters. The number of hydrogen-bond donors (Lipinski definition) is 1. The first kappa shape index (κ1) is 16.3. The lowest BCUT2D eigenvalue weighted by Gasteiger charge is -2.43. The number of carbonyl (C=O) groups is 2. The van der Waals surface area contributed by atoms with Gasteiger partial charge in [0.2, 0.25) is 11.8 Å². The van der Waals surface area contributed by atoms with Gasteiger partial charge in [-0.1, -0.05) is 27.7 Å². The fourth-order valence-corrected chi connectivity index (χ4v) is 3.31. The minimum absolute atomic E-state index is 0.0139. The van der Waals surface area contributed by atoms with Gasteiger partial charge < -0.3 is 15.0 Å². The molecule has 0 aromatic carbocycles. The molecule has 0 radical (unpaired) electrons. The largest absolute Gasteiger partial charge is 0.381 e. The number of amides is 2. The molecule has 2 rings (SSSR count). The molecule has 5 heteroatoms. The van der Waals surface area contributed by atoms with Crippen LogP contribution in [0.3, 0.4) is 0 Å². The predicted molar refractivity (Wildman–Crippen MR) is 80.7 cm³/mol. The van der Waals surface area contributed by atoms with E-state index < -0.39 is 6.04 Å². The maximum Gasteiger partial charge on any atom is 0.246 e. The SMILES string of the molecule is CC(C)C1NC(=O)C(C(C)C)N(CC2CCCOC2)C1=O. The molecule has 1 N–H and O–H groups in total. The maximum atomic E-state index is 12.8. The third kappa shape index (κ3) is 3.57. The topological polar surface area (TPSA) is 58.6 Å². The van der Waals surface area contributed by atoms with E-state index in [0.29, 0.717) is 19.1 Å². The van der Waals surface area contributed by atoms with Gasteiger partial charge in [0.05, 0.1) is 6.61 Å². The van der Waals surface area contributed by atoms with Crippen molar-refractivity contribution in [3.63, 3.8) is 0 Å². The molecule has 2 aliphatic rings. The highest BCUT2D eigenvalue weighted by molar-refractivity contribution is 5.97. The normalized spacial score (nSPS) is 31.0. The Bertz CT molecular complexity index is 389. The second kappa shape index (κ2) is 6.77. The molecule has 0 bridgehead atoms. The van der Waals surface area contributed by atoms with Gasteiger partial charge in [-0.3, -0.25) is 9.59 Å². The van der Waals surface area contributed by atoms with Crippen molar-refractivity contribution in [1.82, 2.24) is 10.2 Å². The van der Waals surface area contributed by atoms with E-state index in [1.54, 1.807) is 0 Å². The Hall–Kier alpha value is -1.10. The summed E-state index contributed by atoms with van der Waals surface area (Å²) >= 11 is 0. The van der Waals surface area contributed by atoms with Crippen LogP contribution in [0.4, 0.5) is 0 Å². The Morgan fingerprint density at radius 3 is 2.48 bits per heavy atom. The Kier molecular flexibility index (Phi) is 5.25. The summed E-state index contributed by atoms with van der Waals surface area (Å²) < 4.78 is 5.52. The molecule has 0 aromatic rings. The quantitative estimate of drug-likeness (QED) is 0.853. The predicted octanol–water partition coefficient (Wildman–Crippen LogP) is 1.42. The fraction of sp³-hybridized carbons (Fsp3) is 0.875. The second-order valence-electron chi connectivity index (χ2n) is 6.99. The van der Waals surface area contributed by atoms with Gasteiger partial charge in [-0.15, -0.1) is 0 Å². The van der Waals surface area contributed by atoms with E-state index in [9.17, 15) is 9.59 Å². The molecule has 0 aromatic heterocycles. The lowest BCUT2D eigenvalue weighted by Crippen LogP contribution is -2.66. The van der Waals surface area contributed by atoms with Crippen LogP contribution < -0.4 is 5.32 Å². The number of nitrogens with zero attached hydrogens (tertiary/aromatic N) is 1. The maximum absolute atomic E-state index is 12.8. The van der Waals surface area contributed by atoms with Crippen LogP contribution in [0.15, 0.2) is 0 Å². The average Bonchev–Trinajstić information content (AvgIpc) is 2.43. The summed E-state index contributed by atoms with van der Waals surface area (Å²) in [6.45, 7) is 10.1. The fourth-order valence-electron chi connectivity index (χ4n) is 3.31. The number of piperazine rings is 1. The third-order valence-corrected chi connectivity index (χ3v) is 4.46. The third-order valence-electron chi connectivity index (χ3n) is 4.46. The number of hydrogen-bond acceptors (Lipinski definition) is 3. The van der Waals surface area contributed by atoms with Gasteiger partial charge in [-0.2, -0.15) is 0 Å². The standard InChI is InChI=1S/C16H28N2O3/c1-10(2)13-16(20)18(8-12-6-5-7-21-9-12)14(11(3)4)15(19)17-13/h10-14H,5-9H2,1-4H3,(H,17,19). The molecular weight excluding hydrogens is 268 g/mol. The van der Waals surface area contributed by atoms with Gasteiger partial charge in [-0.05, 0) is 30.6 Å². The zero-order valence-electron chi connectivity index (χ0n) is 13.6. The minimum Gasteiger partial charge on any atom is -0.381 e. The van der Waals surface area contributed by atoms with E-state index in [-0.39, 0.29) is 29.7 Å². The summed E-state index contributed by atoms with van der Waals surface area (Å²) in [6.07, 6.45) is 2.11. The van der Waals surface area contributed by atoms with Crippen molar-refractivity contribution in [2.45, 2.75) is 52.6 Å². The molecule has 2 amide bonds. The lowest BCUT2D eigenvalue weighted by molar-refractivity contribution is -0.154. The molecule has 21 heavy (non-hydrogen) atoms. The summed E-state index contributed by atoms with van der Waals surface area (Å²) in [5.74, 6) is 0.628. The van der Waals surface area contributed by atoms with E-state index >= 15 is 0 Å². The monoisotopic (exact) mass is 296 g/mol. The van der Waals surface area contributed by atoms with E-state index in [2.05, 4.69) is 5.32 Å². The summed E-state index contributed by atoms with van der Waals surface area (Å²) in [7, 11) is 0. The molecule has 2 aliphatic heterocycles. The first-order chi connectivity index (χ1) is 9.91. The van der Waals surface area contributed by atoms with Crippen LogP contribution in [0, 0.1) is 17.8 Å². The molecule has 0 spiro atoms. The molecule has 0 saturated carbocycles. The number of ether oxygens (including phenoxy) is 1. The number of nitrogens with one attached hydrogen (secondary N) is 1. The molecular formula is C16H28N2O3. The lowest BCUT2D eigenvalue weighted by atomic mass is 9.91. The van der Waals surface area contributed by atoms with Gasteiger partial charge >= 0.3 is 0 Å². The van der Waals surface area contributed by atoms with E-state index in [1.807, 2.05) is 32.6 Å². The summed E-state index contributed by atoms with van der Waals surface area (Å²) in [5.41, 5.74) is 0. The molecule has 5 nitrogen and oxygen atoms in total. The van der Waals surface area contributed by atoms with Crippen LogP contribution in [0.25, 0.3) is 0 Å². The highest BCUT2D eigenvalue weighted by Gasteiger charge is 2.43. The molecule has 0 aliphatic carbocycles. The summed E-state index contributed by atoms with van der Waals surface area (Å²) in [6, 6.07) is -0.744. The highest BCUT2D eigenvalue weighted by Crippen LogP contribution is 2.24.